The third-order valence-corrected chi connectivity index (χ3v) is 4.50. The summed E-state index contributed by atoms with van der Waals surface area (Å²) in [5, 5.41) is 8.76. The van der Waals surface area contributed by atoms with E-state index in [2.05, 4.69) is 26.9 Å². The fourth-order valence-electron chi connectivity index (χ4n) is 2.08. The molecular formula is C14H16BrNO2S. The van der Waals surface area contributed by atoms with E-state index in [1.54, 1.807) is 6.08 Å². The maximum absolute atomic E-state index is 10.7. The summed E-state index contributed by atoms with van der Waals surface area (Å²) in [6, 6.07) is 5.96. The van der Waals surface area contributed by atoms with Crippen molar-refractivity contribution in [3.8, 4) is 0 Å². The molecule has 1 fully saturated rings. The van der Waals surface area contributed by atoms with Crippen LogP contribution in [0, 0.1) is 0 Å². The third kappa shape index (κ3) is 4.28. The highest BCUT2D eigenvalue weighted by Gasteiger charge is 2.13. The summed E-state index contributed by atoms with van der Waals surface area (Å²) >= 11 is 5.47. The van der Waals surface area contributed by atoms with E-state index in [1.165, 1.54) is 18.2 Å². The van der Waals surface area contributed by atoms with Gasteiger partial charge in [0.05, 0.1) is 0 Å². The van der Waals surface area contributed by atoms with Gasteiger partial charge in [0, 0.05) is 35.1 Å². The first-order valence-corrected chi connectivity index (χ1v) is 8.15. The van der Waals surface area contributed by atoms with Crippen LogP contribution in [-0.4, -0.2) is 35.7 Å². The highest BCUT2D eigenvalue weighted by molar-refractivity contribution is 9.10. The van der Waals surface area contributed by atoms with Crippen molar-refractivity contribution in [3.05, 3.63) is 34.3 Å². The van der Waals surface area contributed by atoms with Crippen LogP contribution in [0.5, 0.6) is 0 Å². The number of carboxylic acids is 1. The number of aliphatic carboxylic acids is 1. The van der Waals surface area contributed by atoms with Gasteiger partial charge in [0.25, 0.3) is 0 Å². The molecule has 1 aliphatic heterocycles. The smallest absolute Gasteiger partial charge is 0.328 e. The van der Waals surface area contributed by atoms with Crippen molar-refractivity contribution in [2.75, 3.05) is 29.5 Å². The van der Waals surface area contributed by atoms with Gasteiger partial charge < -0.3 is 10.0 Å². The van der Waals surface area contributed by atoms with Crippen LogP contribution in [0.15, 0.2) is 28.7 Å². The van der Waals surface area contributed by atoms with E-state index >= 15 is 0 Å². The van der Waals surface area contributed by atoms with Crippen LogP contribution in [0.2, 0.25) is 0 Å². The molecule has 1 aromatic rings. The Labute approximate surface area is 125 Å². The maximum atomic E-state index is 10.7. The minimum absolute atomic E-state index is 0.916. The molecule has 5 heteroatoms. The maximum Gasteiger partial charge on any atom is 0.328 e. The van der Waals surface area contributed by atoms with Crippen LogP contribution in [-0.2, 0) is 4.79 Å². The topological polar surface area (TPSA) is 40.5 Å². The van der Waals surface area contributed by atoms with Crippen LogP contribution >= 0.6 is 27.7 Å². The first-order chi connectivity index (χ1) is 9.16. The van der Waals surface area contributed by atoms with E-state index in [0.29, 0.717) is 0 Å². The van der Waals surface area contributed by atoms with Gasteiger partial charge in [0.15, 0.2) is 0 Å². The zero-order chi connectivity index (χ0) is 13.7. The first-order valence-electron chi connectivity index (χ1n) is 6.20. The summed E-state index contributed by atoms with van der Waals surface area (Å²) < 4.78 is 1.02. The Morgan fingerprint density at radius 3 is 3.00 bits per heavy atom. The van der Waals surface area contributed by atoms with E-state index < -0.39 is 5.97 Å². The van der Waals surface area contributed by atoms with Gasteiger partial charge in [-0.2, -0.15) is 11.8 Å². The molecule has 102 valence electrons. The van der Waals surface area contributed by atoms with Gasteiger partial charge in [0.1, 0.15) is 0 Å². The molecule has 1 heterocycles. The van der Waals surface area contributed by atoms with Crippen LogP contribution in [0.4, 0.5) is 5.69 Å². The number of halogens is 1. The summed E-state index contributed by atoms with van der Waals surface area (Å²) in [5.74, 6) is 1.40. The molecule has 0 atom stereocenters. The van der Waals surface area contributed by atoms with Crippen molar-refractivity contribution in [2.45, 2.75) is 6.42 Å². The fraction of sp³-hybridized carbons (Fsp3) is 0.357. The van der Waals surface area contributed by atoms with Crippen LogP contribution < -0.4 is 4.90 Å². The van der Waals surface area contributed by atoms with Gasteiger partial charge in [-0.25, -0.2) is 4.79 Å². The number of rotatable bonds is 3. The molecule has 19 heavy (non-hydrogen) atoms. The molecule has 0 aromatic heterocycles. The molecule has 0 unspecified atom stereocenters. The normalized spacial score (nSPS) is 16.6. The molecule has 0 aliphatic carbocycles. The number of thioether (sulfide) groups is 1. The van der Waals surface area contributed by atoms with Gasteiger partial charge in [-0.3, -0.25) is 0 Å². The molecule has 0 amide bonds. The summed E-state index contributed by atoms with van der Waals surface area (Å²) in [7, 11) is 0. The molecule has 3 nitrogen and oxygen atoms in total. The predicted octanol–water partition coefficient (Wildman–Crippen LogP) is 3.49. The zero-order valence-electron chi connectivity index (χ0n) is 10.5. The lowest BCUT2D eigenvalue weighted by Gasteiger charge is -2.24. The summed E-state index contributed by atoms with van der Waals surface area (Å²) in [4.78, 5) is 13.0. The average molecular weight is 342 g/mol. The SMILES string of the molecule is O=C(O)C=Cc1ccc(Br)cc1N1CCCSCC1. The minimum Gasteiger partial charge on any atom is -0.478 e. The molecular weight excluding hydrogens is 326 g/mol. The molecule has 1 N–H and O–H groups in total. The lowest BCUT2D eigenvalue weighted by molar-refractivity contribution is -0.131. The summed E-state index contributed by atoms with van der Waals surface area (Å²) in [6.45, 7) is 2.03. The molecule has 1 saturated heterocycles. The Morgan fingerprint density at radius 2 is 2.21 bits per heavy atom. The van der Waals surface area contributed by atoms with Gasteiger partial charge in [-0.1, -0.05) is 22.0 Å². The number of nitrogens with zero attached hydrogens (tertiary/aromatic N) is 1. The second-order valence-corrected chi connectivity index (χ2v) is 6.47. The third-order valence-electron chi connectivity index (χ3n) is 2.96. The largest absolute Gasteiger partial charge is 0.478 e. The fourth-order valence-corrected chi connectivity index (χ4v) is 3.32. The van der Waals surface area contributed by atoms with E-state index in [9.17, 15) is 4.79 Å². The number of carbonyl (C=O) groups is 1. The van der Waals surface area contributed by atoms with Gasteiger partial charge in [0.2, 0.25) is 0 Å². The predicted molar refractivity (Wildman–Crippen MR) is 85.0 cm³/mol. The first kappa shape index (κ1) is 14.5. The van der Waals surface area contributed by atoms with Crippen molar-refractivity contribution in [1.82, 2.24) is 0 Å². The number of benzene rings is 1. The molecule has 2 rings (SSSR count). The number of hydrogen-bond acceptors (Lipinski definition) is 3. The van der Waals surface area contributed by atoms with Crippen molar-refractivity contribution < 1.29 is 9.90 Å². The van der Waals surface area contributed by atoms with Crippen molar-refractivity contribution >= 4 is 45.4 Å². The minimum atomic E-state index is -0.916. The molecule has 1 aromatic carbocycles. The van der Waals surface area contributed by atoms with Gasteiger partial charge >= 0.3 is 5.97 Å². The summed E-state index contributed by atoms with van der Waals surface area (Å²) in [5.41, 5.74) is 2.06. The van der Waals surface area contributed by atoms with E-state index in [0.717, 1.165) is 34.6 Å². The molecule has 0 bridgehead atoms. The van der Waals surface area contributed by atoms with E-state index in [4.69, 9.17) is 5.11 Å². The standard InChI is InChI=1S/C14H16BrNO2S/c15-12-4-2-11(3-5-14(17)18)13(10-12)16-6-1-8-19-9-7-16/h2-5,10H,1,6-9H2,(H,17,18). The Bertz CT molecular complexity index is 482. The second kappa shape index (κ2) is 7.01. The lowest BCUT2D eigenvalue weighted by atomic mass is 10.1. The number of carboxylic acid groups (broad SMARTS) is 1. The highest BCUT2D eigenvalue weighted by atomic mass is 79.9. The quantitative estimate of drug-likeness (QED) is 0.854. The van der Waals surface area contributed by atoms with Crippen molar-refractivity contribution in [2.24, 2.45) is 0 Å². The lowest BCUT2D eigenvalue weighted by Crippen LogP contribution is -2.26. The van der Waals surface area contributed by atoms with Gasteiger partial charge in [-0.15, -0.1) is 0 Å². The zero-order valence-corrected chi connectivity index (χ0v) is 12.9. The van der Waals surface area contributed by atoms with Crippen LogP contribution in [0.3, 0.4) is 0 Å². The Hall–Kier alpha value is -0.940. The second-order valence-electron chi connectivity index (χ2n) is 4.33. The average Bonchev–Trinajstić information content (AvgIpc) is 2.65. The monoisotopic (exact) mass is 341 g/mol. The molecule has 0 spiro atoms. The van der Waals surface area contributed by atoms with Crippen LogP contribution in [0.1, 0.15) is 12.0 Å². The van der Waals surface area contributed by atoms with Crippen LogP contribution in [0.25, 0.3) is 6.08 Å². The summed E-state index contributed by atoms with van der Waals surface area (Å²) in [6.07, 6.45) is 4.03. The molecule has 0 radical (unpaired) electrons. The molecule has 0 saturated carbocycles. The van der Waals surface area contributed by atoms with Crippen molar-refractivity contribution in [1.29, 1.82) is 0 Å². The number of anilines is 1. The van der Waals surface area contributed by atoms with E-state index in [1.807, 2.05) is 23.9 Å². The van der Waals surface area contributed by atoms with E-state index in [-0.39, 0.29) is 0 Å². The molecule has 1 aliphatic rings. The van der Waals surface area contributed by atoms with Gasteiger partial charge in [-0.05, 0) is 35.9 Å². The number of hydrogen-bond donors (Lipinski definition) is 1. The Kier molecular flexibility index (Phi) is 5.34. The Morgan fingerprint density at radius 1 is 1.37 bits per heavy atom. The highest BCUT2D eigenvalue weighted by Crippen LogP contribution is 2.28. The Balaban J connectivity index is 2.30. The van der Waals surface area contributed by atoms with Crippen molar-refractivity contribution in [3.63, 3.8) is 0 Å².